The highest BCUT2D eigenvalue weighted by atomic mass is 16.5. The van der Waals surface area contributed by atoms with Crippen molar-refractivity contribution in [1.29, 1.82) is 0 Å². The Bertz CT molecular complexity index is 505. The first-order chi connectivity index (χ1) is 8.83. The van der Waals surface area contributed by atoms with Crippen LogP contribution in [0.1, 0.15) is 5.89 Å². The lowest BCUT2D eigenvalue weighted by molar-refractivity contribution is -0.664. The number of methoxy groups -OCH3 is 1. The van der Waals surface area contributed by atoms with E-state index in [2.05, 4.69) is 16.7 Å². The number of rotatable bonds is 6. The molecule has 0 aliphatic heterocycles. The monoisotopic (exact) mass is 246 g/mol. The van der Waals surface area contributed by atoms with Gasteiger partial charge in [-0.1, -0.05) is 11.7 Å². The van der Waals surface area contributed by atoms with Crippen molar-refractivity contribution < 1.29 is 14.6 Å². The van der Waals surface area contributed by atoms with Gasteiger partial charge in [-0.2, -0.15) is 4.98 Å². The van der Waals surface area contributed by atoms with Crippen molar-refractivity contribution >= 4 is 0 Å². The number of quaternary nitrogens is 1. The molecule has 94 valence electrons. The van der Waals surface area contributed by atoms with Crippen LogP contribution in [0.4, 0.5) is 0 Å². The number of aromatic nitrogens is 2. The Morgan fingerprint density at radius 1 is 1.39 bits per heavy atom. The number of hydrogen-bond donors (Lipinski definition) is 1. The Morgan fingerprint density at radius 2 is 2.17 bits per heavy atom. The highest BCUT2D eigenvalue weighted by Gasteiger charge is 2.09. The smallest absolute Gasteiger partial charge is 0.282 e. The van der Waals surface area contributed by atoms with Crippen LogP contribution in [0, 0.1) is 0 Å². The van der Waals surface area contributed by atoms with Crippen LogP contribution < -0.4 is 10.1 Å². The summed E-state index contributed by atoms with van der Waals surface area (Å²) in [5, 5.41) is 5.99. The number of nitrogens with two attached hydrogens (primary N) is 1. The minimum atomic E-state index is 0.597. The van der Waals surface area contributed by atoms with Gasteiger partial charge in [-0.15, -0.1) is 0 Å². The lowest BCUT2D eigenvalue weighted by Gasteiger charge is -1.98. The van der Waals surface area contributed by atoms with Gasteiger partial charge in [0, 0.05) is 5.56 Å². The summed E-state index contributed by atoms with van der Waals surface area (Å²) in [6.45, 7) is 5.15. The molecule has 0 saturated heterocycles. The van der Waals surface area contributed by atoms with Crippen molar-refractivity contribution in [2.45, 2.75) is 6.54 Å². The summed E-state index contributed by atoms with van der Waals surface area (Å²) in [7, 11) is 1.64. The molecule has 18 heavy (non-hydrogen) atoms. The Hall–Kier alpha value is -2.14. The predicted molar refractivity (Wildman–Crippen MR) is 67.0 cm³/mol. The molecule has 5 heteroatoms. The van der Waals surface area contributed by atoms with E-state index in [0.717, 1.165) is 17.9 Å². The van der Waals surface area contributed by atoms with Crippen LogP contribution in [0.3, 0.4) is 0 Å². The number of ether oxygens (including phenoxy) is 1. The van der Waals surface area contributed by atoms with E-state index in [1.54, 1.807) is 7.11 Å². The molecule has 2 rings (SSSR count). The van der Waals surface area contributed by atoms with Crippen molar-refractivity contribution in [3.8, 4) is 17.1 Å². The molecule has 1 aromatic carbocycles. The lowest BCUT2D eigenvalue weighted by atomic mass is 10.2. The van der Waals surface area contributed by atoms with E-state index < -0.39 is 0 Å². The predicted octanol–water partition coefficient (Wildman–Crippen LogP) is 0.995. The maximum Gasteiger partial charge on any atom is 0.282 e. The van der Waals surface area contributed by atoms with Gasteiger partial charge in [-0.25, -0.2) is 0 Å². The second-order valence-corrected chi connectivity index (χ2v) is 3.76. The zero-order valence-electron chi connectivity index (χ0n) is 10.3. The first-order valence-corrected chi connectivity index (χ1v) is 5.73. The topological polar surface area (TPSA) is 64.8 Å². The normalized spacial score (nSPS) is 10.3. The summed E-state index contributed by atoms with van der Waals surface area (Å²) >= 11 is 0. The van der Waals surface area contributed by atoms with Crippen LogP contribution in [0.2, 0.25) is 0 Å². The van der Waals surface area contributed by atoms with E-state index in [1.807, 2.05) is 35.7 Å². The van der Waals surface area contributed by atoms with Gasteiger partial charge in [0.05, 0.1) is 13.7 Å². The fraction of sp³-hybridized carbons (Fsp3) is 0.231. The standard InChI is InChI=1S/C13H15N3O2/c1-3-8-14-9-12-15-13(16-18-12)10-4-6-11(17-2)7-5-10/h3-7,14H,1,8-9H2,2H3/p+1. The molecule has 2 N–H and O–H groups in total. The summed E-state index contributed by atoms with van der Waals surface area (Å²) in [5.41, 5.74) is 0.912. The van der Waals surface area contributed by atoms with Crippen LogP contribution in [-0.4, -0.2) is 23.8 Å². The molecule has 0 fully saturated rings. The summed E-state index contributed by atoms with van der Waals surface area (Å²) < 4.78 is 10.3. The first kappa shape index (κ1) is 12.3. The molecular formula is C13H16N3O2+. The molecule has 1 heterocycles. The molecule has 0 saturated carbocycles. The fourth-order valence-electron chi connectivity index (χ4n) is 1.52. The zero-order valence-corrected chi connectivity index (χ0v) is 10.3. The maximum absolute atomic E-state index is 5.16. The Balaban J connectivity index is 2.06. The number of hydrogen-bond acceptors (Lipinski definition) is 4. The van der Waals surface area contributed by atoms with Crippen LogP contribution in [0.5, 0.6) is 5.75 Å². The Labute approximate surface area is 105 Å². The quantitative estimate of drug-likeness (QED) is 0.610. The Morgan fingerprint density at radius 3 is 2.83 bits per heavy atom. The van der Waals surface area contributed by atoms with Crippen molar-refractivity contribution in [2.75, 3.05) is 13.7 Å². The van der Waals surface area contributed by atoms with E-state index >= 15 is 0 Å². The average molecular weight is 246 g/mol. The van der Waals surface area contributed by atoms with E-state index in [1.165, 1.54) is 0 Å². The van der Waals surface area contributed by atoms with Gasteiger partial charge in [0.2, 0.25) is 5.82 Å². The summed E-state index contributed by atoms with van der Waals surface area (Å²) in [6.07, 6.45) is 1.83. The van der Waals surface area contributed by atoms with E-state index in [4.69, 9.17) is 9.26 Å². The van der Waals surface area contributed by atoms with Gasteiger partial charge < -0.3 is 14.6 Å². The number of benzene rings is 1. The molecule has 1 aromatic heterocycles. The van der Waals surface area contributed by atoms with Gasteiger partial charge in [0.25, 0.3) is 5.89 Å². The molecule has 0 atom stereocenters. The summed E-state index contributed by atoms with van der Waals surface area (Å²) in [6, 6.07) is 7.55. The molecule has 0 aliphatic carbocycles. The second kappa shape index (κ2) is 5.97. The summed E-state index contributed by atoms with van der Waals surface area (Å²) in [5.74, 6) is 2.02. The molecule has 0 amide bonds. The highest BCUT2D eigenvalue weighted by Crippen LogP contribution is 2.19. The number of nitrogens with zero attached hydrogens (tertiary/aromatic N) is 2. The first-order valence-electron chi connectivity index (χ1n) is 5.73. The van der Waals surface area contributed by atoms with Crippen LogP contribution in [0.25, 0.3) is 11.4 Å². The van der Waals surface area contributed by atoms with Crippen molar-refractivity contribution in [1.82, 2.24) is 10.1 Å². The minimum Gasteiger partial charge on any atom is -0.497 e. The van der Waals surface area contributed by atoms with Gasteiger partial charge in [0.1, 0.15) is 5.75 Å². The van der Waals surface area contributed by atoms with Gasteiger partial charge in [-0.3, -0.25) is 0 Å². The zero-order chi connectivity index (χ0) is 12.8. The largest absolute Gasteiger partial charge is 0.497 e. The maximum atomic E-state index is 5.16. The second-order valence-electron chi connectivity index (χ2n) is 3.76. The molecule has 0 spiro atoms. The molecule has 0 aliphatic rings. The van der Waals surface area contributed by atoms with Gasteiger partial charge in [0.15, 0.2) is 6.54 Å². The summed E-state index contributed by atoms with van der Waals surface area (Å²) in [4.78, 5) is 4.32. The van der Waals surface area contributed by atoms with Crippen molar-refractivity contribution in [2.24, 2.45) is 0 Å². The molecule has 0 radical (unpaired) electrons. The molecule has 0 bridgehead atoms. The van der Waals surface area contributed by atoms with Crippen LogP contribution >= 0.6 is 0 Å². The highest BCUT2D eigenvalue weighted by molar-refractivity contribution is 5.55. The van der Waals surface area contributed by atoms with Crippen molar-refractivity contribution in [3.63, 3.8) is 0 Å². The average Bonchev–Trinajstić information content (AvgIpc) is 2.88. The van der Waals surface area contributed by atoms with Crippen LogP contribution in [-0.2, 0) is 6.54 Å². The van der Waals surface area contributed by atoms with Crippen molar-refractivity contribution in [3.05, 3.63) is 42.8 Å². The third-order valence-corrected chi connectivity index (χ3v) is 2.47. The SMILES string of the molecule is C=CC[NH2+]Cc1nc(-c2ccc(OC)cc2)no1. The van der Waals surface area contributed by atoms with Gasteiger partial charge >= 0.3 is 0 Å². The van der Waals surface area contributed by atoms with E-state index in [-0.39, 0.29) is 0 Å². The minimum absolute atomic E-state index is 0.597. The Kier molecular flexibility index (Phi) is 4.09. The third-order valence-electron chi connectivity index (χ3n) is 2.47. The van der Waals surface area contributed by atoms with Crippen LogP contribution in [0.15, 0.2) is 41.4 Å². The van der Waals surface area contributed by atoms with E-state index in [9.17, 15) is 0 Å². The molecular weight excluding hydrogens is 230 g/mol. The molecule has 0 unspecified atom stereocenters. The lowest BCUT2D eigenvalue weighted by Crippen LogP contribution is -2.82. The van der Waals surface area contributed by atoms with Gasteiger partial charge in [-0.05, 0) is 30.3 Å². The fourth-order valence-corrected chi connectivity index (χ4v) is 1.52. The molecule has 5 nitrogen and oxygen atoms in total. The third kappa shape index (κ3) is 2.95. The molecule has 2 aromatic rings. The van der Waals surface area contributed by atoms with E-state index in [0.29, 0.717) is 18.3 Å².